The molecule has 0 saturated carbocycles. The highest BCUT2D eigenvalue weighted by molar-refractivity contribution is 6.26. The van der Waals surface area contributed by atoms with Gasteiger partial charge in [-0.1, -0.05) is 249 Å². The number of furan rings is 1. The molecule has 1 nitrogen and oxygen atoms in total. The lowest BCUT2D eigenvalue weighted by Gasteiger charge is -2.19. The van der Waals surface area contributed by atoms with Crippen LogP contribution in [0.2, 0.25) is 0 Å². The summed E-state index contributed by atoms with van der Waals surface area (Å²) < 4.78 is 6.29. The molecule has 1 heteroatoms. The SMILES string of the molecule is c1cc(-c2ccc(-c3c4ccccc4c(-c4cccc5ccccc45)c4ccccc34)cc2)c2cc(-c3ccc4cccc(-c5c6ccccc6c(-c6ccc7oc8ccccc8c7c6)c6ccccc56)c4c3)ccc2c1. The van der Waals surface area contributed by atoms with Gasteiger partial charge in [0.15, 0.2) is 0 Å². The summed E-state index contributed by atoms with van der Waals surface area (Å²) in [6, 6.07) is 103. The molecule has 16 rings (SSSR count). The van der Waals surface area contributed by atoms with Crippen molar-refractivity contribution < 1.29 is 4.42 Å². The third-order valence-corrected chi connectivity index (χ3v) is 16.4. The van der Waals surface area contributed by atoms with Gasteiger partial charge < -0.3 is 4.42 Å². The summed E-state index contributed by atoms with van der Waals surface area (Å²) in [5.74, 6) is 0. The second-order valence-corrected chi connectivity index (χ2v) is 20.6. The van der Waals surface area contributed by atoms with Gasteiger partial charge in [-0.15, -0.1) is 0 Å². The lowest BCUT2D eigenvalue weighted by Crippen LogP contribution is -1.92. The monoisotopic (exact) mass is 974 g/mol. The minimum absolute atomic E-state index is 0.905. The molecule has 77 heavy (non-hydrogen) atoms. The van der Waals surface area contributed by atoms with Crippen LogP contribution in [-0.2, 0) is 0 Å². The lowest BCUT2D eigenvalue weighted by molar-refractivity contribution is 0.669. The van der Waals surface area contributed by atoms with E-state index in [9.17, 15) is 0 Å². The van der Waals surface area contributed by atoms with Gasteiger partial charge in [0.1, 0.15) is 11.2 Å². The van der Waals surface area contributed by atoms with E-state index in [2.05, 4.69) is 273 Å². The van der Waals surface area contributed by atoms with E-state index in [-0.39, 0.29) is 0 Å². The van der Waals surface area contributed by atoms with Crippen molar-refractivity contribution in [1.29, 1.82) is 0 Å². The number of hydrogen-bond donors (Lipinski definition) is 0. The Morgan fingerprint density at radius 3 is 1.05 bits per heavy atom. The molecule has 1 heterocycles. The van der Waals surface area contributed by atoms with E-state index in [0.29, 0.717) is 0 Å². The maximum Gasteiger partial charge on any atom is 0.135 e. The van der Waals surface area contributed by atoms with Crippen LogP contribution < -0.4 is 0 Å². The molecule has 16 aromatic rings. The first kappa shape index (κ1) is 43.3. The molecule has 0 fully saturated rings. The molecule has 0 aliphatic carbocycles. The largest absolute Gasteiger partial charge is 0.456 e. The Hall–Kier alpha value is -10.1. The van der Waals surface area contributed by atoms with Crippen molar-refractivity contribution in [3.63, 3.8) is 0 Å². The Labute approximate surface area is 445 Å². The number of para-hydroxylation sites is 1. The molecular formula is C76H46O. The van der Waals surface area contributed by atoms with Crippen LogP contribution in [0.25, 0.3) is 164 Å². The normalized spacial score (nSPS) is 11.9. The van der Waals surface area contributed by atoms with E-state index in [1.165, 1.54) is 142 Å². The highest BCUT2D eigenvalue weighted by atomic mass is 16.3. The first-order valence-corrected chi connectivity index (χ1v) is 26.6. The van der Waals surface area contributed by atoms with E-state index in [1.807, 2.05) is 6.07 Å². The van der Waals surface area contributed by atoms with E-state index in [1.54, 1.807) is 0 Å². The van der Waals surface area contributed by atoms with Gasteiger partial charge in [0.25, 0.3) is 0 Å². The molecule has 0 spiro atoms. The van der Waals surface area contributed by atoms with Crippen molar-refractivity contribution >= 4 is 97.3 Å². The van der Waals surface area contributed by atoms with Crippen molar-refractivity contribution in [3.8, 4) is 66.8 Å². The van der Waals surface area contributed by atoms with Crippen LogP contribution in [0.15, 0.2) is 283 Å². The molecule has 1 aromatic heterocycles. The van der Waals surface area contributed by atoms with Gasteiger partial charge in [-0.3, -0.25) is 0 Å². The van der Waals surface area contributed by atoms with Crippen LogP contribution in [-0.4, -0.2) is 0 Å². The zero-order valence-electron chi connectivity index (χ0n) is 42.0. The number of fused-ring (bicyclic) bond motifs is 10. The Bertz CT molecular complexity index is 4970. The predicted octanol–water partition coefficient (Wildman–Crippen LogP) is 21.7. The highest BCUT2D eigenvalue weighted by Gasteiger charge is 2.21. The van der Waals surface area contributed by atoms with E-state index in [4.69, 9.17) is 4.42 Å². The van der Waals surface area contributed by atoms with Gasteiger partial charge in [-0.2, -0.15) is 0 Å². The molecule has 0 amide bonds. The molecule has 0 radical (unpaired) electrons. The average molecular weight is 975 g/mol. The Morgan fingerprint density at radius 2 is 0.506 bits per heavy atom. The third-order valence-electron chi connectivity index (χ3n) is 16.4. The smallest absolute Gasteiger partial charge is 0.135 e. The van der Waals surface area contributed by atoms with Crippen LogP contribution in [0.1, 0.15) is 0 Å². The number of rotatable bonds is 6. The molecule has 0 aliphatic heterocycles. The summed E-state index contributed by atoms with van der Waals surface area (Å²) in [7, 11) is 0. The topological polar surface area (TPSA) is 13.1 Å². The third kappa shape index (κ3) is 6.81. The Balaban J connectivity index is 0.810. The molecule has 0 aliphatic rings. The van der Waals surface area contributed by atoms with Crippen LogP contribution in [0.3, 0.4) is 0 Å². The maximum absolute atomic E-state index is 6.29. The zero-order valence-corrected chi connectivity index (χ0v) is 42.0. The average Bonchev–Trinajstić information content (AvgIpc) is 3.88. The molecule has 0 N–H and O–H groups in total. The van der Waals surface area contributed by atoms with Gasteiger partial charge in [0.05, 0.1) is 0 Å². The molecule has 15 aromatic carbocycles. The first-order valence-electron chi connectivity index (χ1n) is 26.6. The van der Waals surface area contributed by atoms with Gasteiger partial charge in [0.2, 0.25) is 0 Å². The zero-order chi connectivity index (χ0) is 50.6. The summed E-state index contributed by atoms with van der Waals surface area (Å²) >= 11 is 0. The van der Waals surface area contributed by atoms with Crippen LogP contribution in [0, 0.1) is 0 Å². The van der Waals surface area contributed by atoms with Gasteiger partial charge in [-0.05, 0) is 173 Å². The number of benzene rings is 15. The lowest BCUT2D eigenvalue weighted by atomic mass is 9.84. The fourth-order valence-corrected chi connectivity index (χ4v) is 13.0. The number of hydrogen-bond acceptors (Lipinski definition) is 1. The molecule has 0 atom stereocenters. The van der Waals surface area contributed by atoms with Crippen molar-refractivity contribution in [2.45, 2.75) is 0 Å². The molecular weight excluding hydrogens is 929 g/mol. The van der Waals surface area contributed by atoms with Gasteiger partial charge in [0, 0.05) is 10.8 Å². The molecule has 0 saturated heterocycles. The quantitative estimate of drug-likeness (QED) is 0.151. The summed E-state index contributed by atoms with van der Waals surface area (Å²) in [4.78, 5) is 0. The van der Waals surface area contributed by atoms with E-state index < -0.39 is 0 Å². The van der Waals surface area contributed by atoms with Gasteiger partial charge >= 0.3 is 0 Å². The van der Waals surface area contributed by atoms with Crippen LogP contribution >= 0.6 is 0 Å². The summed E-state index contributed by atoms with van der Waals surface area (Å²) in [5, 5.41) is 19.6. The highest BCUT2D eigenvalue weighted by Crippen LogP contribution is 2.49. The van der Waals surface area contributed by atoms with E-state index in [0.717, 1.165) is 21.9 Å². The predicted molar refractivity (Wildman–Crippen MR) is 329 cm³/mol. The standard InChI is InChI=1S/C76H46O/c1-2-20-55-47(16-1)17-14-31-58(55)75-63-26-7-3-22-59(63)73(60-23-4-8-27-64(60)75)51-38-34-50(35-39-51)56-30-13-18-48-36-40-52(44-68(48)56)53-41-37-49-19-15-32-67(69(49)45-53)76-65-28-9-5-24-61(65)74(62-25-6-10-29-66(62)76)54-42-43-72-70(46-54)57-21-11-12-33-71(57)77-72/h1-46H. The molecule has 0 bridgehead atoms. The fraction of sp³-hybridized carbons (Fsp3) is 0. The van der Waals surface area contributed by atoms with Crippen molar-refractivity contribution in [2.24, 2.45) is 0 Å². The second kappa shape index (κ2) is 17.2. The minimum Gasteiger partial charge on any atom is -0.456 e. The summed E-state index contributed by atoms with van der Waals surface area (Å²) in [6.45, 7) is 0. The maximum atomic E-state index is 6.29. The first-order chi connectivity index (χ1) is 38.2. The summed E-state index contributed by atoms with van der Waals surface area (Å²) in [6.07, 6.45) is 0. The summed E-state index contributed by atoms with van der Waals surface area (Å²) in [5.41, 5.74) is 16.5. The van der Waals surface area contributed by atoms with Crippen LogP contribution in [0.5, 0.6) is 0 Å². The second-order valence-electron chi connectivity index (χ2n) is 20.6. The van der Waals surface area contributed by atoms with E-state index >= 15 is 0 Å². The molecule has 356 valence electrons. The van der Waals surface area contributed by atoms with Gasteiger partial charge in [-0.25, -0.2) is 0 Å². The van der Waals surface area contributed by atoms with Crippen molar-refractivity contribution in [2.75, 3.05) is 0 Å². The fourth-order valence-electron chi connectivity index (χ4n) is 13.0. The molecule has 0 unspecified atom stereocenters. The Morgan fingerprint density at radius 1 is 0.169 bits per heavy atom. The van der Waals surface area contributed by atoms with Crippen molar-refractivity contribution in [1.82, 2.24) is 0 Å². The Kier molecular flexibility index (Phi) is 9.71. The van der Waals surface area contributed by atoms with Crippen molar-refractivity contribution in [3.05, 3.63) is 279 Å². The van der Waals surface area contributed by atoms with Crippen LogP contribution in [0.4, 0.5) is 0 Å². The minimum atomic E-state index is 0.905.